The van der Waals surface area contributed by atoms with Crippen molar-refractivity contribution in [3.8, 4) is 5.88 Å². The second-order valence-electron chi connectivity index (χ2n) is 5.74. The van der Waals surface area contributed by atoms with Crippen LogP contribution in [-0.4, -0.2) is 58.7 Å². The van der Waals surface area contributed by atoms with Crippen LogP contribution in [0.15, 0.2) is 42.5 Å². The number of benzene rings is 1. The molecule has 1 amide bonds. The van der Waals surface area contributed by atoms with E-state index in [0.29, 0.717) is 31.3 Å². The molecule has 0 saturated carbocycles. The van der Waals surface area contributed by atoms with Gasteiger partial charge in [-0.15, -0.1) is 10.2 Å². The SMILES string of the molecule is CCOc1ccc(C(=O)N2CCN(Cc3ccccc3)CC2)nn1. The summed E-state index contributed by atoms with van der Waals surface area (Å²) < 4.78 is 5.25. The lowest BCUT2D eigenvalue weighted by molar-refractivity contribution is 0.0621. The molecule has 0 aliphatic carbocycles. The Labute approximate surface area is 142 Å². The third-order valence-corrected chi connectivity index (χ3v) is 4.06. The first kappa shape index (κ1) is 16.4. The number of amides is 1. The Bertz CT molecular complexity index is 652. The Hall–Kier alpha value is -2.47. The third-order valence-electron chi connectivity index (χ3n) is 4.06. The molecule has 126 valence electrons. The van der Waals surface area contributed by atoms with Gasteiger partial charge in [-0.05, 0) is 18.6 Å². The molecule has 1 aromatic carbocycles. The van der Waals surface area contributed by atoms with Gasteiger partial charge in [0.1, 0.15) is 0 Å². The van der Waals surface area contributed by atoms with Crippen LogP contribution in [0, 0.1) is 0 Å². The highest BCUT2D eigenvalue weighted by atomic mass is 16.5. The van der Waals surface area contributed by atoms with Gasteiger partial charge < -0.3 is 9.64 Å². The number of piperazine rings is 1. The summed E-state index contributed by atoms with van der Waals surface area (Å²) in [5.74, 6) is 0.381. The highest BCUT2D eigenvalue weighted by Gasteiger charge is 2.23. The second-order valence-corrected chi connectivity index (χ2v) is 5.74. The van der Waals surface area contributed by atoms with Gasteiger partial charge in [0.15, 0.2) is 5.69 Å². The molecule has 0 bridgehead atoms. The molecule has 2 heterocycles. The predicted molar refractivity (Wildman–Crippen MR) is 90.8 cm³/mol. The van der Waals surface area contributed by atoms with Crippen molar-refractivity contribution in [2.45, 2.75) is 13.5 Å². The van der Waals surface area contributed by atoms with Crippen molar-refractivity contribution in [1.29, 1.82) is 0 Å². The van der Waals surface area contributed by atoms with Crippen LogP contribution in [-0.2, 0) is 6.54 Å². The molecule has 0 radical (unpaired) electrons. The first-order valence-electron chi connectivity index (χ1n) is 8.28. The summed E-state index contributed by atoms with van der Waals surface area (Å²) in [4.78, 5) is 16.7. The van der Waals surface area contributed by atoms with E-state index in [0.717, 1.165) is 19.6 Å². The smallest absolute Gasteiger partial charge is 0.274 e. The maximum atomic E-state index is 12.5. The van der Waals surface area contributed by atoms with Crippen LogP contribution in [0.1, 0.15) is 23.0 Å². The number of rotatable bonds is 5. The minimum absolute atomic E-state index is 0.0649. The number of carbonyl (C=O) groups is 1. The Morgan fingerprint density at radius 1 is 1.04 bits per heavy atom. The van der Waals surface area contributed by atoms with Crippen LogP contribution < -0.4 is 4.74 Å². The maximum Gasteiger partial charge on any atom is 0.274 e. The average molecular weight is 326 g/mol. The van der Waals surface area contributed by atoms with E-state index in [1.807, 2.05) is 17.9 Å². The summed E-state index contributed by atoms with van der Waals surface area (Å²) in [6.07, 6.45) is 0. The molecule has 1 fully saturated rings. The van der Waals surface area contributed by atoms with Crippen LogP contribution in [0.2, 0.25) is 0 Å². The van der Waals surface area contributed by atoms with Crippen molar-refractivity contribution in [1.82, 2.24) is 20.0 Å². The summed E-state index contributed by atoms with van der Waals surface area (Å²) in [6, 6.07) is 13.8. The normalized spacial score (nSPS) is 15.3. The number of nitrogens with zero attached hydrogens (tertiary/aromatic N) is 4. The number of carbonyl (C=O) groups excluding carboxylic acids is 1. The molecule has 1 aromatic heterocycles. The Morgan fingerprint density at radius 3 is 2.42 bits per heavy atom. The highest BCUT2D eigenvalue weighted by Crippen LogP contribution is 2.12. The first-order chi connectivity index (χ1) is 11.8. The summed E-state index contributed by atoms with van der Waals surface area (Å²) in [5, 5.41) is 7.90. The highest BCUT2D eigenvalue weighted by molar-refractivity contribution is 5.92. The van der Waals surface area contributed by atoms with Crippen molar-refractivity contribution in [2.24, 2.45) is 0 Å². The van der Waals surface area contributed by atoms with Crippen LogP contribution in [0.3, 0.4) is 0 Å². The van der Waals surface area contributed by atoms with Crippen molar-refractivity contribution in [3.05, 3.63) is 53.7 Å². The molecule has 0 atom stereocenters. The maximum absolute atomic E-state index is 12.5. The fourth-order valence-electron chi connectivity index (χ4n) is 2.77. The van der Waals surface area contributed by atoms with E-state index in [4.69, 9.17) is 4.74 Å². The fourth-order valence-corrected chi connectivity index (χ4v) is 2.77. The lowest BCUT2D eigenvalue weighted by Crippen LogP contribution is -2.48. The van der Waals surface area contributed by atoms with E-state index >= 15 is 0 Å². The molecule has 24 heavy (non-hydrogen) atoms. The van der Waals surface area contributed by atoms with E-state index in [2.05, 4.69) is 39.4 Å². The van der Waals surface area contributed by atoms with Crippen molar-refractivity contribution in [3.63, 3.8) is 0 Å². The van der Waals surface area contributed by atoms with Crippen LogP contribution in [0.5, 0.6) is 5.88 Å². The zero-order valence-corrected chi connectivity index (χ0v) is 13.9. The lowest BCUT2D eigenvalue weighted by Gasteiger charge is -2.34. The zero-order valence-electron chi connectivity index (χ0n) is 13.9. The van der Waals surface area contributed by atoms with Crippen molar-refractivity contribution < 1.29 is 9.53 Å². The average Bonchev–Trinajstić information content (AvgIpc) is 2.64. The molecule has 1 aliphatic rings. The largest absolute Gasteiger partial charge is 0.477 e. The monoisotopic (exact) mass is 326 g/mol. The van der Waals surface area contributed by atoms with Gasteiger partial charge in [-0.25, -0.2) is 0 Å². The van der Waals surface area contributed by atoms with Crippen LogP contribution in [0.25, 0.3) is 0 Å². The summed E-state index contributed by atoms with van der Waals surface area (Å²) in [7, 11) is 0. The fraction of sp³-hybridized carbons (Fsp3) is 0.389. The van der Waals surface area contributed by atoms with E-state index in [1.54, 1.807) is 12.1 Å². The number of ether oxygens (including phenoxy) is 1. The number of hydrogen-bond donors (Lipinski definition) is 0. The van der Waals surface area contributed by atoms with Crippen LogP contribution in [0.4, 0.5) is 0 Å². The molecule has 2 aromatic rings. The zero-order chi connectivity index (χ0) is 16.8. The van der Waals surface area contributed by atoms with Crippen molar-refractivity contribution >= 4 is 5.91 Å². The third kappa shape index (κ3) is 4.08. The molecule has 1 saturated heterocycles. The molecule has 0 N–H and O–H groups in total. The van der Waals surface area contributed by atoms with Crippen molar-refractivity contribution in [2.75, 3.05) is 32.8 Å². The molecular weight excluding hydrogens is 304 g/mol. The van der Waals surface area contributed by atoms with Gasteiger partial charge in [0.05, 0.1) is 6.61 Å². The molecule has 3 rings (SSSR count). The summed E-state index contributed by atoms with van der Waals surface area (Å²) in [6.45, 7) is 6.49. The second kappa shape index (κ2) is 7.88. The van der Waals surface area contributed by atoms with Gasteiger partial charge in [-0.2, -0.15) is 0 Å². The Balaban J connectivity index is 1.53. The van der Waals surface area contributed by atoms with Gasteiger partial charge >= 0.3 is 0 Å². The van der Waals surface area contributed by atoms with E-state index < -0.39 is 0 Å². The minimum Gasteiger partial charge on any atom is -0.477 e. The molecular formula is C18H22N4O2. The topological polar surface area (TPSA) is 58.6 Å². The Morgan fingerprint density at radius 2 is 1.79 bits per heavy atom. The molecule has 0 spiro atoms. The van der Waals surface area contributed by atoms with E-state index in [9.17, 15) is 4.79 Å². The van der Waals surface area contributed by atoms with Gasteiger partial charge in [0.25, 0.3) is 5.91 Å². The van der Waals surface area contributed by atoms with E-state index in [1.165, 1.54) is 5.56 Å². The van der Waals surface area contributed by atoms with Crippen LogP contribution >= 0.6 is 0 Å². The minimum atomic E-state index is -0.0649. The molecule has 1 aliphatic heterocycles. The molecule has 6 heteroatoms. The predicted octanol–water partition coefficient (Wildman–Crippen LogP) is 1.83. The standard InChI is InChI=1S/C18H22N4O2/c1-2-24-17-9-8-16(19-20-17)18(23)22-12-10-21(11-13-22)14-15-6-4-3-5-7-15/h3-9H,2,10-14H2,1H3. The van der Waals surface area contributed by atoms with Gasteiger partial charge in [0, 0.05) is 38.8 Å². The van der Waals surface area contributed by atoms with Gasteiger partial charge in [-0.1, -0.05) is 30.3 Å². The first-order valence-corrected chi connectivity index (χ1v) is 8.28. The van der Waals surface area contributed by atoms with Gasteiger partial charge in [-0.3, -0.25) is 9.69 Å². The quantitative estimate of drug-likeness (QED) is 0.839. The number of aromatic nitrogens is 2. The summed E-state index contributed by atoms with van der Waals surface area (Å²) in [5.41, 5.74) is 1.67. The Kier molecular flexibility index (Phi) is 5.38. The summed E-state index contributed by atoms with van der Waals surface area (Å²) >= 11 is 0. The molecule has 0 unspecified atom stereocenters. The lowest BCUT2D eigenvalue weighted by atomic mass is 10.2. The molecule has 6 nitrogen and oxygen atoms in total. The number of hydrogen-bond acceptors (Lipinski definition) is 5. The van der Waals surface area contributed by atoms with E-state index in [-0.39, 0.29) is 5.91 Å². The van der Waals surface area contributed by atoms with Gasteiger partial charge in [0.2, 0.25) is 5.88 Å².